The number of hydrogen-bond acceptors (Lipinski definition) is 3. The Balaban J connectivity index is 1.69. The highest BCUT2D eigenvalue weighted by atomic mass is 79.9. The minimum atomic E-state index is -0.338. The fraction of sp³-hybridized carbons (Fsp3) is 0.0455. The van der Waals surface area contributed by atoms with E-state index >= 15 is 0 Å². The Hall–Kier alpha value is -2.85. The monoisotopic (exact) mass is 406 g/mol. The van der Waals surface area contributed by atoms with Crippen LogP contribution in [0.2, 0.25) is 0 Å². The minimum absolute atomic E-state index is 0.338. The van der Waals surface area contributed by atoms with E-state index in [0.29, 0.717) is 11.3 Å². The van der Waals surface area contributed by atoms with Crippen molar-refractivity contribution in [2.45, 2.75) is 0 Å². The molecule has 0 saturated carbocycles. The molecule has 3 nitrogen and oxygen atoms in total. The molecular weight excluding hydrogens is 392 g/mol. The average molecular weight is 407 g/mol. The van der Waals surface area contributed by atoms with Crippen LogP contribution in [0.4, 0.5) is 0 Å². The van der Waals surface area contributed by atoms with Crippen LogP contribution in [0.3, 0.4) is 0 Å². The van der Waals surface area contributed by atoms with Crippen LogP contribution < -0.4 is 4.74 Å². The molecule has 0 fully saturated rings. The van der Waals surface area contributed by atoms with Crippen LogP contribution in [-0.2, 0) is 9.53 Å². The zero-order chi connectivity index (χ0) is 18.1. The Labute approximate surface area is 159 Å². The molecule has 4 rings (SSSR count). The number of rotatable bonds is 3. The first-order chi connectivity index (χ1) is 12.6. The summed E-state index contributed by atoms with van der Waals surface area (Å²) in [6.45, 7) is 0. The average Bonchev–Trinajstić information content (AvgIpc) is 3.01. The molecule has 0 bridgehead atoms. The van der Waals surface area contributed by atoms with Crippen LogP contribution in [0.5, 0.6) is 5.75 Å². The molecule has 0 N–H and O–H groups in total. The fourth-order valence-corrected chi connectivity index (χ4v) is 3.33. The van der Waals surface area contributed by atoms with Gasteiger partial charge < -0.3 is 9.47 Å². The quantitative estimate of drug-likeness (QED) is 0.419. The van der Waals surface area contributed by atoms with E-state index in [1.54, 1.807) is 13.2 Å². The molecule has 1 heterocycles. The predicted octanol–water partition coefficient (Wildman–Crippen LogP) is 5.59. The van der Waals surface area contributed by atoms with Crippen molar-refractivity contribution >= 4 is 44.5 Å². The number of esters is 1. The van der Waals surface area contributed by atoms with E-state index in [0.717, 1.165) is 32.1 Å². The summed E-state index contributed by atoms with van der Waals surface area (Å²) in [5.74, 6) is 1.04. The van der Waals surface area contributed by atoms with Gasteiger partial charge in [-0.25, -0.2) is 4.79 Å². The van der Waals surface area contributed by atoms with Gasteiger partial charge in [-0.15, -0.1) is 0 Å². The molecule has 26 heavy (non-hydrogen) atoms. The van der Waals surface area contributed by atoms with E-state index in [4.69, 9.17) is 9.47 Å². The van der Waals surface area contributed by atoms with Crippen molar-refractivity contribution < 1.29 is 14.3 Å². The van der Waals surface area contributed by atoms with Gasteiger partial charge in [-0.1, -0.05) is 46.3 Å². The number of halogens is 1. The van der Waals surface area contributed by atoms with Crippen molar-refractivity contribution in [2.24, 2.45) is 0 Å². The molecule has 3 aromatic carbocycles. The number of carbonyl (C=O) groups excluding carboxylic acids is 1. The van der Waals surface area contributed by atoms with Gasteiger partial charge in [0.15, 0.2) is 0 Å². The number of methoxy groups -OCH3 is 1. The fourth-order valence-electron chi connectivity index (χ4n) is 2.91. The van der Waals surface area contributed by atoms with Crippen molar-refractivity contribution in [3.05, 3.63) is 87.9 Å². The molecule has 128 valence electrons. The van der Waals surface area contributed by atoms with Crippen molar-refractivity contribution in [1.29, 1.82) is 0 Å². The highest BCUT2D eigenvalue weighted by molar-refractivity contribution is 9.10. The van der Waals surface area contributed by atoms with Crippen LogP contribution in [0.15, 0.2) is 76.8 Å². The summed E-state index contributed by atoms with van der Waals surface area (Å²) in [6, 6.07) is 19.6. The number of carbonyl (C=O) groups is 1. The molecule has 0 saturated heterocycles. The first-order valence-electron chi connectivity index (χ1n) is 8.12. The Morgan fingerprint density at radius 2 is 1.81 bits per heavy atom. The maximum absolute atomic E-state index is 12.2. The molecule has 0 aromatic heterocycles. The first kappa shape index (κ1) is 16.6. The molecule has 0 spiro atoms. The molecule has 1 aliphatic heterocycles. The largest absolute Gasteiger partial charge is 0.497 e. The Bertz CT molecular complexity index is 1080. The topological polar surface area (TPSA) is 35.5 Å². The highest BCUT2D eigenvalue weighted by Crippen LogP contribution is 2.30. The standard InChI is InChI=1S/C22H15BrO3/c1-25-20-8-7-15-11-17(6-5-16(15)12-20)21-13-18(22(24)26-21)9-14-3-2-4-19(23)10-14/h2-13H,1H3/b18-9-. The van der Waals surface area contributed by atoms with Gasteiger partial charge in [0.2, 0.25) is 0 Å². The van der Waals surface area contributed by atoms with E-state index in [2.05, 4.69) is 15.9 Å². The van der Waals surface area contributed by atoms with Gasteiger partial charge >= 0.3 is 5.97 Å². The molecule has 0 radical (unpaired) electrons. The molecule has 0 unspecified atom stereocenters. The van der Waals surface area contributed by atoms with Crippen LogP contribution in [0.1, 0.15) is 11.1 Å². The van der Waals surface area contributed by atoms with Crippen molar-refractivity contribution in [3.8, 4) is 5.75 Å². The summed E-state index contributed by atoms with van der Waals surface area (Å²) in [6.07, 6.45) is 3.61. The van der Waals surface area contributed by atoms with Crippen LogP contribution in [-0.4, -0.2) is 13.1 Å². The normalized spacial score (nSPS) is 15.2. The Morgan fingerprint density at radius 3 is 2.62 bits per heavy atom. The van der Waals surface area contributed by atoms with Gasteiger partial charge in [0.1, 0.15) is 11.5 Å². The molecular formula is C22H15BrO3. The van der Waals surface area contributed by atoms with Gasteiger partial charge in [0.25, 0.3) is 0 Å². The molecule has 0 atom stereocenters. The van der Waals surface area contributed by atoms with Gasteiger partial charge in [-0.05, 0) is 58.8 Å². The molecule has 0 amide bonds. The van der Waals surface area contributed by atoms with Gasteiger partial charge in [-0.3, -0.25) is 0 Å². The predicted molar refractivity (Wildman–Crippen MR) is 107 cm³/mol. The van der Waals surface area contributed by atoms with Crippen LogP contribution >= 0.6 is 15.9 Å². The van der Waals surface area contributed by atoms with Crippen molar-refractivity contribution in [1.82, 2.24) is 0 Å². The summed E-state index contributed by atoms with van der Waals surface area (Å²) in [7, 11) is 1.65. The van der Waals surface area contributed by atoms with Gasteiger partial charge in [0.05, 0.1) is 12.7 Å². The molecule has 3 aromatic rings. The first-order valence-corrected chi connectivity index (χ1v) is 8.91. The van der Waals surface area contributed by atoms with E-state index in [1.165, 1.54) is 0 Å². The Morgan fingerprint density at radius 1 is 1.00 bits per heavy atom. The number of fused-ring (bicyclic) bond motifs is 1. The van der Waals surface area contributed by atoms with E-state index < -0.39 is 0 Å². The lowest BCUT2D eigenvalue weighted by molar-refractivity contribution is -0.130. The number of benzene rings is 3. The zero-order valence-electron chi connectivity index (χ0n) is 14.0. The van der Waals surface area contributed by atoms with Crippen molar-refractivity contribution in [2.75, 3.05) is 7.11 Å². The maximum atomic E-state index is 12.2. The lowest BCUT2D eigenvalue weighted by Gasteiger charge is -2.06. The third-order valence-electron chi connectivity index (χ3n) is 4.23. The summed E-state index contributed by atoms with van der Waals surface area (Å²) in [5.41, 5.74) is 2.34. The third kappa shape index (κ3) is 3.28. The molecule has 4 heteroatoms. The highest BCUT2D eigenvalue weighted by Gasteiger charge is 2.22. The van der Waals surface area contributed by atoms with Gasteiger partial charge in [-0.2, -0.15) is 0 Å². The second-order valence-corrected chi connectivity index (χ2v) is 6.90. The number of hydrogen-bond donors (Lipinski definition) is 0. The zero-order valence-corrected chi connectivity index (χ0v) is 15.6. The van der Waals surface area contributed by atoms with Crippen molar-refractivity contribution in [3.63, 3.8) is 0 Å². The number of cyclic esters (lactones) is 1. The summed E-state index contributed by atoms with van der Waals surface area (Å²) >= 11 is 3.44. The third-order valence-corrected chi connectivity index (χ3v) is 4.72. The summed E-state index contributed by atoms with van der Waals surface area (Å²) in [4.78, 5) is 12.2. The van der Waals surface area contributed by atoms with Crippen LogP contribution in [0.25, 0.3) is 22.6 Å². The number of ether oxygens (including phenoxy) is 2. The van der Waals surface area contributed by atoms with Crippen LogP contribution in [0, 0.1) is 0 Å². The Kier molecular flexibility index (Phi) is 4.35. The second kappa shape index (κ2) is 6.81. The molecule has 1 aliphatic rings. The smallest absolute Gasteiger partial charge is 0.343 e. The van der Waals surface area contributed by atoms with Gasteiger partial charge in [0, 0.05) is 10.0 Å². The SMILES string of the molecule is COc1ccc2cc(C3=C/C(=C/c4cccc(Br)c4)C(=O)O3)ccc2c1. The maximum Gasteiger partial charge on any atom is 0.343 e. The molecule has 0 aliphatic carbocycles. The summed E-state index contributed by atoms with van der Waals surface area (Å²) < 4.78 is 11.7. The van der Waals surface area contributed by atoms with E-state index in [-0.39, 0.29) is 5.97 Å². The van der Waals surface area contributed by atoms with E-state index in [1.807, 2.05) is 66.7 Å². The second-order valence-electron chi connectivity index (χ2n) is 5.98. The van der Waals surface area contributed by atoms with E-state index in [9.17, 15) is 4.79 Å². The lowest BCUT2D eigenvalue weighted by Crippen LogP contribution is -1.97. The lowest BCUT2D eigenvalue weighted by atomic mass is 10.0. The summed E-state index contributed by atoms with van der Waals surface area (Å²) in [5, 5.41) is 2.13. The minimum Gasteiger partial charge on any atom is -0.497 e.